The molecule has 0 saturated carbocycles. The number of rotatable bonds is 4. The van der Waals surface area contributed by atoms with E-state index < -0.39 is 17.8 Å². The number of methoxy groups -OCH3 is 1. The van der Waals surface area contributed by atoms with E-state index in [4.69, 9.17) is 4.74 Å². The zero-order chi connectivity index (χ0) is 15.5. The molecule has 0 spiro atoms. The molecule has 2 nitrogen and oxygen atoms in total. The van der Waals surface area contributed by atoms with E-state index in [9.17, 15) is 18.3 Å². The summed E-state index contributed by atoms with van der Waals surface area (Å²) in [4.78, 5) is 0. The van der Waals surface area contributed by atoms with Crippen molar-refractivity contribution in [3.63, 3.8) is 0 Å². The van der Waals surface area contributed by atoms with Crippen LogP contribution in [0.25, 0.3) is 0 Å². The Hall–Kier alpha value is -1.85. The number of aliphatic hydroxyl groups excluding tert-OH is 1. The lowest BCUT2D eigenvalue weighted by Crippen LogP contribution is -2.13. The third kappa shape index (κ3) is 3.43. The number of aliphatic hydroxyl groups is 1. The predicted molar refractivity (Wildman–Crippen MR) is 72.7 cm³/mol. The second-order valence-corrected chi connectivity index (χ2v) is 4.62. The van der Waals surface area contributed by atoms with E-state index in [2.05, 4.69) is 0 Å². The Kier molecular flexibility index (Phi) is 4.65. The summed E-state index contributed by atoms with van der Waals surface area (Å²) < 4.78 is 44.1. The molecule has 0 saturated heterocycles. The molecule has 5 heteroatoms. The Labute approximate surface area is 120 Å². The topological polar surface area (TPSA) is 29.5 Å². The van der Waals surface area contributed by atoms with Crippen LogP contribution in [-0.2, 0) is 17.5 Å². The van der Waals surface area contributed by atoms with Gasteiger partial charge in [-0.3, -0.25) is 0 Å². The molecule has 2 rings (SSSR count). The standard InChI is InChI=1S/C16H15F3O2/c1-21-10-11-6-2-3-7-12(11)15(20)13-8-4-5-9-14(13)16(17,18)19/h2-9,15,20H,10H2,1H3. The van der Waals surface area contributed by atoms with Crippen LogP contribution in [0.2, 0.25) is 0 Å². The lowest BCUT2D eigenvalue weighted by Gasteiger charge is -2.20. The van der Waals surface area contributed by atoms with E-state index in [1.807, 2.05) is 0 Å². The van der Waals surface area contributed by atoms with Gasteiger partial charge >= 0.3 is 6.18 Å². The molecular formula is C16H15F3O2. The molecule has 1 unspecified atom stereocenters. The van der Waals surface area contributed by atoms with Crippen LogP contribution < -0.4 is 0 Å². The van der Waals surface area contributed by atoms with Crippen LogP contribution in [0, 0.1) is 0 Å². The number of hydrogen-bond donors (Lipinski definition) is 1. The lowest BCUT2D eigenvalue weighted by atomic mass is 9.93. The molecule has 0 heterocycles. The first-order chi connectivity index (χ1) is 9.95. The van der Waals surface area contributed by atoms with Crippen LogP contribution in [-0.4, -0.2) is 12.2 Å². The Morgan fingerprint density at radius 3 is 2.19 bits per heavy atom. The van der Waals surface area contributed by atoms with Gasteiger partial charge in [0.1, 0.15) is 6.10 Å². The van der Waals surface area contributed by atoms with Crippen LogP contribution in [0.5, 0.6) is 0 Å². The van der Waals surface area contributed by atoms with E-state index in [-0.39, 0.29) is 12.2 Å². The van der Waals surface area contributed by atoms with Crippen molar-refractivity contribution >= 4 is 0 Å². The predicted octanol–water partition coefficient (Wildman–Crippen LogP) is 3.93. The Balaban J connectivity index is 2.48. The SMILES string of the molecule is COCc1ccccc1C(O)c1ccccc1C(F)(F)F. The van der Waals surface area contributed by atoms with Gasteiger partial charge in [-0.1, -0.05) is 42.5 Å². The zero-order valence-corrected chi connectivity index (χ0v) is 11.4. The van der Waals surface area contributed by atoms with Crippen LogP contribution in [0.4, 0.5) is 13.2 Å². The maximum absolute atomic E-state index is 13.0. The molecular weight excluding hydrogens is 281 g/mol. The summed E-state index contributed by atoms with van der Waals surface area (Å²) in [5.41, 5.74) is 0.0822. The molecule has 0 aliphatic rings. The van der Waals surface area contributed by atoms with Gasteiger partial charge in [0.15, 0.2) is 0 Å². The first kappa shape index (κ1) is 15.5. The number of alkyl halides is 3. The first-order valence-corrected chi connectivity index (χ1v) is 6.36. The summed E-state index contributed by atoms with van der Waals surface area (Å²) in [6, 6.07) is 11.8. The van der Waals surface area contributed by atoms with Gasteiger partial charge in [-0.05, 0) is 22.8 Å². The smallest absolute Gasteiger partial charge is 0.384 e. The molecule has 2 aromatic rings. The third-order valence-corrected chi connectivity index (χ3v) is 3.21. The monoisotopic (exact) mass is 296 g/mol. The quantitative estimate of drug-likeness (QED) is 0.926. The summed E-state index contributed by atoms with van der Waals surface area (Å²) in [7, 11) is 1.49. The fourth-order valence-corrected chi connectivity index (χ4v) is 2.25. The van der Waals surface area contributed by atoms with Crippen molar-refractivity contribution in [3.05, 3.63) is 70.8 Å². The van der Waals surface area contributed by atoms with Crippen molar-refractivity contribution in [1.82, 2.24) is 0 Å². The van der Waals surface area contributed by atoms with Crippen LogP contribution in [0.15, 0.2) is 48.5 Å². The minimum absolute atomic E-state index is 0.159. The van der Waals surface area contributed by atoms with Gasteiger partial charge < -0.3 is 9.84 Å². The second-order valence-electron chi connectivity index (χ2n) is 4.62. The van der Waals surface area contributed by atoms with Crippen molar-refractivity contribution in [2.75, 3.05) is 7.11 Å². The van der Waals surface area contributed by atoms with Gasteiger partial charge in [0.25, 0.3) is 0 Å². The van der Waals surface area contributed by atoms with E-state index in [1.54, 1.807) is 24.3 Å². The average Bonchev–Trinajstić information content (AvgIpc) is 2.46. The molecule has 112 valence electrons. The van der Waals surface area contributed by atoms with E-state index >= 15 is 0 Å². The highest BCUT2D eigenvalue weighted by molar-refractivity contribution is 5.40. The van der Waals surface area contributed by atoms with Gasteiger partial charge in [-0.25, -0.2) is 0 Å². The summed E-state index contributed by atoms with van der Waals surface area (Å²) in [5, 5.41) is 10.4. The molecule has 1 N–H and O–H groups in total. The fraction of sp³-hybridized carbons (Fsp3) is 0.250. The number of ether oxygens (including phenoxy) is 1. The van der Waals surface area contributed by atoms with E-state index in [0.29, 0.717) is 11.1 Å². The number of benzene rings is 2. The Bertz CT molecular complexity index is 608. The van der Waals surface area contributed by atoms with Crippen molar-refractivity contribution < 1.29 is 23.0 Å². The zero-order valence-electron chi connectivity index (χ0n) is 11.4. The molecule has 0 amide bonds. The molecule has 21 heavy (non-hydrogen) atoms. The molecule has 2 aromatic carbocycles. The highest BCUT2D eigenvalue weighted by atomic mass is 19.4. The molecule has 1 atom stereocenters. The second kappa shape index (κ2) is 6.28. The minimum Gasteiger partial charge on any atom is -0.384 e. The van der Waals surface area contributed by atoms with Gasteiger partial charge in [0.2, 0.25) is 0 Å². The average molecular weight is 296 g/mol. The maximum atomic E-state index is 13.0. The van der Waals surface area contributed by atoms with Crippen molar-refractivity contribution in [2.45, 2.75) is 18.9 Å². The maximum Gasteiger partial charge on any atom is 0.416 e. The minimum atomic E-state index is -4.51. The van der Waals surface area contributed by atoms with Crippen molar-refractivity contribution in [3.8, 4) is 0 Å². The summed E-state index contributed by atoms with van der Waals surface area (Å²) in [6.07, 6.45) is -5.86. The summed E-state index contributed by atoms with van der Waals surface area (Å²) in [5.74, 6) is 0. The highest BCUT2D eigenvalue weighted by Gasteiger charge is 2.35. The van der Waals surface area contributed by atoms with E-state index in [1.165, 1.54) is 25.3 Å². The van der Waals surface area contributed by atoms with Crippen molar-refractivity contribution in [2.24, 2.45) is 0 Å². The summed E-state index contributed by atoms with van der Waals surface area (Å²) >= 11 is 0. The molecule has 0 aliphatic carbocycles. The van der Waals surface area contributed by atoms with Gasteiger partial charge in [0.05, 0.1) is 12.2 Å². The van der Waals surface area contributed by atoms with Gasteiger partial charge in [0, 0.05) is 7.11 Å². The molecule has 0 aliphatic heterocycles. The summed E-state index contributed by atoms with van der Waals surface area (Å²) in [6.45, 7) is 0.224. The number of halogens is 3. The van der Waals surface area contributed by atoms with Gasteiger partial charge in [-0.15, -0.1) is 0 Å². The van der Waals surface area contributed by atoms with Crippen LogP contribution in [0.1, 0.15) is 28.4 Å². The fourth-order valence-electron chi connectivity index (χ4n) is 2.25. The molecule has 0 aromatic heterocycles. The van der Waals surface area contributed by atoms with Crippen LogP contribution in [0.3, 0.4) is 0 Å². The third-order valence-electron chi connectivity index (χ3n) is 3.21. The van der Waals surface area contributed by atoms with Crippen molar-refractivity contribution in [1.29, 1.82) is 0 Å². The largest absolute Gasteiger partial charge is 0.416 e. The Morgan fingerprint density at radius 2 is 1.57 bits per heavy atom. The Morgan fingerprint density at radius 1 is 1.00 bits per heavy atom. The normalized spacial score (nSPS) is 13.2. The lowest BCUT2D eigenvalue weighted by molar-refractivity contribution is -0.139. The van der Waals surface area contributed by atoms with Gasteiger partial charge in [-0.2, -0.15) is 13.2 Å². The highest BCUT2D eigenvalue weighted by Crippen LogP contribution is 2.37. The molecule has 0 radical (unpaired) electrons. The van der Waals surface area contributed by atoms with E-state index in [0.717, 1.165) is 6.07 Å². The molecule has 0 fully saturated rings. The number of hydrogen-bond acceptors (Lipinski definition) is 2. The molecule has 0 bridgehead atoms. The van der Waals surface area contributed by atoms with Crippen LogP contribution >= 0.6 is 0 Å². The first-order valence-electron chi connectivity index (χ1n) is 6.36.